The van der Waals surface area contributed by atoms with Crippen molar-refractivity contribution in [2.75, 3.05) is 0 Å². The normalized spacial score (nSPS) is 10.0. The number of nitrogens with zero attached hydrogens (tertiary/aromatic N) is 1. The van der Waals surface area contributed by atoms with Crippen molar-refractivity contribution in [1.29, 1.82) is 0 Å². The molecule has 0 fully saturated rings. The highest BCUT2D eigenvalue weighted by atomic mass is 16.5. The van der Waals surface area contributed by atoms with Crippen LogP contribution in [0, 0.1) is 13.8 Å². The molecule has 3 heteroatoms. The second-order valence-corrected chi connectivity index (χ2v) is 3.89. The summed E-state index contributed by atoms with van der Waals surface area (Å²) in [6, 6.07) is 10.8. The molecule has 0 saturated carbocycles. The molecule has 17 heavy (non-hydrogen) atoms. The van der Waals surface area contributed by atoms with Gasteiger partial charge in [0.1, 0.15) is 5.75 Å². The fraction of sp³-hybridized carbons (Fsp3) is 0.143. The maximum Gasteiger partial charge on any atom is 0.345 e. The Morgan fingerprint density at radius 2 is 1.76 bits per heavy atom. The Bertz CT molecular complexity index is 515. The molecule has 1 aromatic carbocycles. The van der Waals surface area contributed by atoms with Crippen molar-refractivity contribution in [2.45, 2.75) is 13.8 Å². The van der Waals surface area contributed by atoms with E-state index in [1.165, 1.54) is 6.20 Å². The quantitative estimate of drug-likeness (QED) is 0.585. The molecular weight excluding hydrogens is 214 g/mol. The van der Waals surface area contributed by atoms with Crippen LogP contribution in [0.15, 0.2) is 42.6 Å². The topological polar surface area (TPSA) is 39.2 Å². The maximum absolute atomic E-state index is 11.7. The Hall–Kier alpha value is -2.16. The minimum absolute atomic E-state index is 0.388. The summed E-state index contributed by atoms with van der Waals surface area (Å²) in [5, 5.41) is 0. The maximum atomic E-state index is 11.7. The lowest BCUT2D eigenvalue weighted by atomic mass is 10.2. The van der Waals surface area contributed by atoms with Gasteiger partial charge in [0.15, 0.2) is 0 Å². The molecule has 1 aromatic heterocycles. The van der Waals surface area contributed by atoms with Crippen LogP contribution in [0.25, 0.3) is 0 Å². The first-order valence-corrected chi connectivity index (χ1v) is 5.36. The molecule has 0 N–H and O–H groups in total. The van der Waals surface area contributed by atoms with Gasteiger partial charge >= 0.3 is 5.97 Å². The van der Waals surface area contributed by atoms with Crippen LogP contribution < -0.4 is 4.74 Å². The van der Waals surface area contributed by atoms with E-state index in [0.717, 1.165) is 11.3 Å². The van der Waals surface area contributed by atoms with Crippen LogP contribution in [-0.4, -0.2) is 11.0 Å². The number of carbonyl (C=O) groups is 1. The van der Waals surface area contributed by atoms with Gasteiger partial charge in [0.05, 0.1) is 5.56 Å². The third kappa shape index (κ3) is 2.91. The highest BCUT2D eigenvalue weighted by Crippen LogP contribution is 2.13. The van der Waals surface area contributed by atoms with Crippen LogP contribution in [-0.2, 0) is 0 Å². The number of rotatable bonds is 2. The molecule has 0 unspecified atom stereocenters. The van der Waals surface area contributed by atoms with Crippen LogP contribution >= 0.6 is 0 Å². The lowest BCUT2D eigenvalue weighted by molar-refractivity contribution is 0.0734. The fourth-order valence-electron chi connectivity index (χ4n) is 1.36. The van der Waals surface area contributed by atoms with Crippen LogP contribution in [0.3, 0.4) is 0 Å². The Morgan fingerprint density at radius 1 is 1.06 bits per heavy atom. The number of carbonyl (C=O) groups excluding carboxylic acids is 1. The number of ether oxygens (including phenoxy) is 1. The number of aromatic nitrogens is 1. The number of aryl methyl sites for hydroxylation is 2. The molecule has 0 saturated heterocycles. The Kier molecular flexibility index (Phi) is 3.19. The second kappa shape index (κ2) is 4.78. The Balaban J connectivity index is 2.11. The zero-order valence-corrected chi connectivity index (χ0v) is 9.81. The number of pyridine rings is 1. The van der Waals surface area contributed by atoms with E-state index < -0.39 is 0 Å². The van der Waals surface area contributed by atoms with E-state index in [1.807, 2.05) is 26.0 Å². The summed E-state index contributed by atoms with van der Waals surface area (Å²) < 4.78 is 5.22. The van der Waals surface area contributed by atoms with E-state index in [0.29, 0.717) is 11.3 Å². The monoisotopic (exact) mass is 227 g/mol. The molecule has 0 atom stereocenters. The first-order valence-electron chi connectivity index (χ1n) is 5.36. The minimum atomic E-state index is -0.388. The van der Waals surface area contributed by atoms with Crippen molar-refractivity contribution in [3.05, 3.63) is 59.4 Å². The van der Waals surface area contributed by atoms with E-state index >= 15 is 0 Å². The first-order chi connectivity index (χ1) is 8.15. The number of benzene rings is 1. The van der Waals surface area contributed by atoms with Gasteiger partial charge in [0.25, 0.3) is 0 Å². The van der Waals surface area contributed by atoms with Gasteiger partial charge in [-0.2, -0.15) is 0 Å². The molecule has 0 amide bonds. The van der Waals surface area contributed by atoms with E-state index in [9.17, 15) is 4.79 Å². The van der Waals surface area contributed by atoms with Crippen LogP contribution in [0.4, 0.5) is 0 Å². The van der Waals surface area contributed by atoms with Gasteiger partial charge in [-0.3, -0.25) is 4.98 Å². The molecule has 0 aliphatic rings. The Labute approximate surface area is 100 Å². The lowest BCUT2D eigenvalue weighted by Gasteiger charge is -2.04. The van der Waals surface area contributed by atoms with Gasteiger partial charge in [0, 0.05) is 11.9 Å². The molecule has 2 aromatic rings. The zero-order valence-electron chi connectivity index (χ0n) is 9.81. The van der Waals surface area contributed by atoms with Crippen molar-refractivity contribution < 1.29 is 9.53 Å². The van der Waals surface area contributed by atoms with Gasteiger partial charge in [-0.25, -0.2) is 4.79 Å². The minimum Gasteiger partial charge on any atom is -0.423 e. The van der Waals surface area contributed by atoms with Crippen LogP contribution in [0.1, 0.15) is 21.6 Å². The number of hydrogen-bond acceptors (Lipinski definition) is 3. The summed E-state index contributed by atoms with van der Waals surface area (Å²) in [5.74, 6) is 0.155. The Morgan fingerprint density at radius 3 is 2.35 bits per heavy atom. The van der Waals surface area contributed by atoms with Gasteiger partial charge in [-0.05, 0) is 38.1 Å². The average Bonchev–Trinajstić information content (AvgIpc) is 2.33. The van der Waals surface area contributed by atoms with Crippen LogP contribution in [0.5, 0.6) is 5.75 Å². The lowest BCUT2D eigenvalue weighted by Crippen LogP contribution is -2.08. The van der Waals surface area contributed by atoms with E-state index in [-0.39, 0.29) is 5.97 Å². The van der Waals surface area contributed by atoms with Gasteiger partial charge in [-0.15, -0.1) is 0 Å². The highest BCUT2D eigenvalue weighted by Gasteiger charge is 2.08. The smallest absolute Gasteiger partial charge is 0.345 e. The number of esters is 1. The van der Waals surface area contributed by atoms with Crippen molar-refractivity contribution in [1.82, 2.24) is 4.98 Å². The molecule has 0 bridgehead atoms. The highest BCUT2D eigenvalue weighted by molar-refractivity contribution is 5.90. The standard InChI is InChI=1S/C14H13NO2/c1-10-3-7-13(8-4-10)17-14(16)12-6-5-11(2)15-9-12/h3-9H,1-2H3. The summed E-state index contributed by atoms with van der Waals surface area (Å²) in [4.78, 5) is 15.8. The molecule has 2 rings (SSSR count). The summed E-state index contributed by atoms with van der Waals surface area (Å²) in [6.45, 7) is 3.85. The molecule has 0 spiro atoms. The molecule has 0 radical (unpaired) electrons. The van der Waals surface area contributed by atoms with E-state index in [4.69, 9.17) is 4.74 Å². The predicted octanol–water partition coefficient (Wildman–Crippen LogP) is 2.92. The molecule has 3 nitrogen and oxygen atoms in total. The van der Waals surface area contributed by atoms with Crippen molar-refractivity contribution in [3.63, 3.8) is 0 Å². The molecule has 0 aliphatic heterocycles. The third-order valence-electron chi connectivity index (χ3n) is 2.38. The van der Waals surface area contributed by atoms with Gasteiger partial charge < -0.3 is 4.74 Å². The number of hydrogen-bond donors (Lipinski definition) is 0. The summed E-state index contributed by atoms with van der Waals surface area (Å²) in [6.07, 6.45) is 1.52. The summed E-state index contributed by atoms with van der Waals surface area (Å²) in [7, 11) is 0. The predicted molar refractivity (Wildman–Crippen MR) is 65.1 cm³/mol. The summed E-state index contributed by atoms with van der Waals surface area (Å²) >= 11 is 0. The van der Waals surface area contributed by atoms with E-state index in [2.05, 4.69) is 4.98 Å². The third-order valence-corrected chi connectivity index (χ3v) is 2.38. The zero-order chi connectivity index (χ0) is 12.3. The molecular formula is C14H13NO2. The van der Waals surface area contributed by atoms with Crippen molar-refractivity contribution >= 4 is 5.97 Å². The largest absolute Gasteiger partial charge is 0.423 e. The van der Waals surface area contributed by atoms with E-state index in [1.54, 1.807) is 24.3 Å². The molecule has 1 heterocycles. The molecule has 86 valence electrons. The van der Waals surface area contributed by atoms with Gasteiger partial charge in [-0.1, -0.05) is 17.7 Å². The second-order valence-electron chi connectivity index (χ2n) is 3.89. The van der Waals surface area contributed by atoms with Crippen molar-refractivity contribution in [2.24, 2.45) is 0 Å². The summed E-state index contributed by atoms with van der Waals surface area (Å²) in [5.41, 5.74) is 2.45. The van der Waals surface area contributed by atoms with Crippen molar-refractivity contribution in [3.8, 4) is 5.75 Å². The fourth-order valence-corrected chi connectivity index (χ4v) is 1.36. The van der Waals surface area contributed by atoms with Crippen LogP contribution in [0.2, 0.25) is 0 Å². The SMILES string of the molecule is Cc1ccc(OC(=O)c2ccc(C)nc2)cc1. The van der Waals surface area contributed by atoms with Gasteiger partial charge in [0.2, 0.25) is 0 Å². The average molecular weight is 227 g/mol. The first kappa shape index (κ1) is 11.3. The molecule has 0 aliphatic carbocycles.